The van der Waals surface area contributed by atoms with Gasteiger partial charge in [-0.1, -0.05) is 6.07 Å². The van der Waals surface area contributed by atoms with Gasteiger partial charge in [0, 0.05) is 0 Å². The molecule has 0 radical (unpaired) electrons. The minimum absolute atomic E-state index is 0.0440. The Morgan fingerprint density at radius 2 is 2.00 bits per heavy atom. The van der Waals surface area contributed by atoms with Gasteiger partial charge in [-0.25, -0.2) is 0 Å². The molecule has 0 fully saturated rings. The van der Waals surface area contributed by atoms with E-state index in [1.165, 1.54) is 6.07 Å². The van der Waals surface area contributed by atoms with E-state index in [-0.39, 0.29) is 11.4 Å². The van der Waals surface area contributed by atoms with Crippen LogP contribution in [-0.2, 0) is 0 Å². The number of nitrogens with zero attached hydrogens (tertiary/aromatic N) is 1. The fourth-order valence-electron chi connectivity index (χ4n) is 1.06. The van der Waals surface area contributed by atoms with Crippen LogP contribution in [0.2, 0.25) is 0 Å². The predicted molar refractivity (Wildman–Crippen MR) is 43.0 cm³/mol. The van der Waals surface area contributed by atoms with Crippen LogP contribution >= 0.6 is 0 Å². The number of phenols is 1. The van der Waals surface area contributed by atoms with Crippen LogP contribution in [-0.4, -0.2) is 5.11 Å². The molecule has 0 aliphatic rings. The van der Waals surface area contributed by atoms with Crippen LogP contribution in [0.5, 0.6) is 5.75 Å². The average Bonchev–Trinajstić information content (AvgIpc) is 1.85. The molecule has 0 heterocycles. The van der Waals surface area contributed by atoms with Gasteiger partial charge in [-0.2, -0.15) is 0 Å². The van der Waals surface area contributed by atoms with Crippen LogP contribution < -0.4 is 0 Å². The zero-order chi connectivity index (χ0) is 8.43. The highest BCUT2D eigenvalue weighted by molar-refractivity contribution is 5.57. The van der Waals surface area contributed by atoms with E-state index >= 15 is 0 Å². The van der Waals surface area contributed by atoms with E-state index in [2.05, 4.69) is 5.18 Å². The lowest BCUT2D eigenvalue weighted by Crippen LogP contribution is -1.78. The summed E-state index contributed by atoms with van der Waals surface area (Å²) in [7, 11) is 0. The second-order valence-electron chi connectivity index (χ2n) is 2.54. The molecule has 1 rings (SSSR count). The van der Waals surface area contributed by atoms with Crippen LogP contribution in [0.4, 0.5) is 5.69 Å². The number of rotatable bonds is 1. The zero-order valence-corrected chi connectivity index (χ0v) is 6.46. The summed E-state index contributed by atoms with van der Waals surface area (Å²) in [5.41, 5.74) is 1.76. The average molecular weight is 151 g/mol. The first-order valence-corrected chi connectivity index (χ1v) is 3.28. The maximum Gasteiger partial charge on any atom is 0.152 e. The Bertz CT molecular complexity index is 271. The third-order valence-corrected chi connectivity index (χ3v) is 1.52. The molecular formula is C8H9NO2. The molecule has 1 N–H and O–H groups in total. The summed E-state index contributed by atoms with van der Waals surface area (Å²) in [6, 6.07) is 3.32. The Morgan fingerprint density at radius 3 is 2.45 bits per heavy atom. The van der Waals surface area contributed by atoms with E-state index in [1.807, 2.05) is 6.92 Å². The molecular weight excluding hydrogens is 142 g/mol. The van der Waals surface area contributed by atoms with Crippen molar-refractivity contribution in [1.29, 1.82) is 0 Å². The number of hydrogen-bond donors (Lipinski definition) is 1. The smallest absolute Gasteiger partial charge is 0.152 e. The summed E-state index contributed by atoms with van der Waals surface area (Å²) >= 11 is 0. The largest absolute Gasteiger partial charge is 0.506 e. The van der Waals surface area contributed by atoms with Crippen molar-refractivity contribution < 1.29 is 5.11 Å². The highest BCUT2D eigenvalue weighted by Gasteiger charge is 2.04. The summed E-state index contributed by atoms with van der Waals surface area (Å²) in [4.78, 5) is 10.1. The second-order valence-corrected chi connectivity index (χ2v) is 2.54. The molecule has 3 heteroatoms. The van der Waals surface area contributed by atoms with Gasteiger partial charge in [0.05, 0.1) is 0 Å². The Morgan fingerprint density at radius 1 is 1.36 bits per heavy atom. The van der Waals surface area contributed by atoms with Crippen molar-refractivity contribution >= 4 is 5.69 Å². The first kappa shape index (κ1) is 7.72. The maximum absolute atomic E-state index is 10.1. The number of phenolic OH excluding ortho intramolecular Hbond substituents is 1. The fourth-order valence-corrected chi connectivity index (χ4v) is 1.06. The van der Waals surface area contributed by atoms with Gasteiger partial charge < -0.3 is 5.11 Å². The summed E-state index contributed by atoms with van der Waals surface area (Å²) < 4.78 is 0. The molecule has 0 saturated heterocycles. The minimum Gasteiger partial charge on any atom is -0.506 e. The number of nitroso groups, excluding NO2 is 1. The molecule has 0 saturated carbocycles. The summed E-state index contributed by atoms with van der Waals surface area (Å²) in [5, 5.41) is 11.9. The van der Waals surface area contributed by atoms with E-state index in [0.29, 0.717) is 5.56 Å². The third-order valence-electron chi connectivity index (χ3n) is 1.52. The number of benzene rings is 1. The van der Waals surface area contributed by atoms with Crippen LogP contribution in [0.25, 0.3) is 0 Å². The molecule has 0 amide bonds. The highest BCUT2D eigenvalue weighted by Crippen LogP contribution is 2.30. The summed E-state index contributed by atoms with van der Waals surface area (Å²) in [6.07, 6.45) is 0. The molecule has 58 valence electrons. The monoisotopic (exact) mass is 151 g/mol. The lowest BCUT2D eigenvalue weighted by atomic mass is 10.1. The molecule has 1 aromatic carbocycles. The topological polar surface area (TPSA) is 49.7 Å². The molecule has 3 nitrogen and oxygen atoms in total. The van der Waals surface area contributed by atoms with Crippen LogP contribution in [0.3, 0.4) is 0 Å². The number of aryl methyl sites for hydroxylation is 2. The maximum atomic E-state index is 10.1. The fraction of sp³-hybridized carbons (Fsp3) is 0.250. The Labute approximate surface area is 64.7 Å². The first-order chi connectivity index (χ1) is 5.15. The molecule has 0 aliphatic heterocycles. The van der Waals surface area contributed by atoms with Gasteiger partial charge in [0.15, 0.2) is 5.69 Å². The first-order valence-electron chi connectivity index (χ1n) is 3.28. The Hall–Kier alpha value is -1.38. The predicted octanol–water partition coefficient (Wildman–Crippen LogP) is 2.41. The number of aromatic hydroxyl groups is 1. The molecule has 0 aliphatic carbocycles. The van der Waals surface area contributed by atoms with Gasteiger partial charge in [-0.05, 0) is 36.2 Å². The summed E-state index contributed by atoms with van der Waals surface area (Å²) in [5.74, 6) is -0.0440. The van der Waals surface area contributed by atoms with Crippen LogP contribution in [0.15, 0.2) is 17.3 Å². The molecule has 0 unspecified atom stereocenters. The molecule has 11 heavy (non-hydrogen) atoms. The van der Waals surface area contributed by atoms with Crippen molar-refractivity contribution in [2.24, 2.45) is 5.18 Å². The zero-order valence-electron chi connectivity index (χ0n) is 6.46. The Balaban J connectivity index is 3.36. The van der Waals surface area contributed by atoms with Crippen molar-refractivity contribution in [1.82, 2.24) is 0 Å². The number of hydrogen-bond acceptors (Lipinski definition) is 3. The minimum atomic E-state index is -0.0440. The van der Waals surface area contributed by atoms with Gasteiger partial charge in [0.1, 0.15) is 5.75 Å². The van der Waals surface area contributed by atoms with E-state index in [4.69, 9.17) is 0 Å². The third kappa shape index (κ3) is 1.37. The van der Waals surface area contributed by atoms with E-state index in [0.717, 1.165) is 5.56 Å². The van der Waals surface area contributed by atoms with Gasteiger partial charge in [0.2, 0.25) is 0 Å². The van der Waals surface area contributed by atoms with E-state index in [1.54, 1.807) is 13.0 Å². The Kier molecular flexibility index (Phi) is 1.89. The van der Waals surface area contributed by atoms with Crippen molar-refractivity contribution in [2.45, 2.75) is 13.8 Å². The summed E-state index contributed by atoms with van der Waals surface area (Å²) in [6.45, 7) is 3.59. The van der Waals surface area contributed by atoms with Crippen molar-refractivity contribution in [3.05, 3.63) is 28.2 Å². The molecule has 0 atom stereocenters. The van der Waals surface area contributed by atoms with Crippen molar-refractivity contribution in [3.8, 4) is 5.75 Å². The van der Waals surface area contributed by atoms with Crippen molar-refractivity contribution in [2.75, 3.05) is 0 Å². The van der Waals surface area contributed by atoms with Crippen LogP contribution in [0.1, 0.15) is 11.1 Å². The lowest BCUT2D eigenvalue weighted by molar-refractivity contribution is 0.476. The molecule has 1 aromatic rings. The standard InChI is InChI=1S/C8H9NO2/c1-5-3-6(2)8(9-11)7(10)4-5/h3-4,10H,1-2H3. The molecule has 0 spiro atoms. The van der Waals surface area contributed by atoms with Gasteiger partial charge in [0.25, 0.3) is 0 Å². The van der Waals surface area contributed by atoms with E-state index in [9.17, 15) is 10.0 Å². The van der Waals surface area contributed by atoms with Crippen LogP contribution in [0, 0.1) is 18.8 Å². The van der Waals surface area contributed by atoms with Gasteiger partial charge in [-0.3, -0.25) is 0 Å². The lowest BCUT2D eigenvalue weighted by Gasteiger charge is -2.00. The molecule has 0 bridgehead atoms. The molecule has 0 aromatic heterocycles. The van der Waals surface area contributed by atoms with Gasteiger partial charge >= 0.3 is 0 Å². The van der Waals surface area contributed by atoms with E-state index < -0.39 is 0 Å². The quantitative estimate of drug-likeness (QED) is 0.626. The van der Waals surface area contributed by atoms with Crippen molar-refractivity contribution in [3.63, 3.8) is 0 Å². The normalized spacial score (nSPS) is 9.64. The second kappa shape index (κ2) is 2.70. The highest BCUT2D eigenvalue weighted by atomic mass is 16.3. The SMILES string of the molecule is Cc1cc(C)c(N=O)c(O)c1. The van der Waals surface area contributed by atoms with Gasteiger partial charge in [-0.15, -0.1) is 4.91 Å².